The van der Waals surface area contributed by atoms with Crippen molar-refractivity contribution in [1.29, 1.82) is 0 Å². The summed E-state index contributed by atoms with van der Waals surface area (Å²) >= 11 is 0. The van der Waals surface area contributed by atoms with E-state index in [-0.39, 0.29) is 12.5 Å². The lowest BCUT2D eigenvalue weighted by molar-refractivity contribution is -0.153. The molecule has 1 aliphatic heterocycles. The highest BCUT2D eigenvalue weighted by molar-refractivity contribution is 5.74. The predicted molar refractivity (Wildman–Crippen MR) is 48.7 cm³/mol. The van der Waals surface area contributed by atoms with Crippen LogP contribution in [0.2, 0.25) is 0 Å². The molecule has 1 rings (SSSR count). The zero-order chi connectivity index (χ0) is 11.6. The standard InChI is InChI=1S/C8H14N2O5/c1-3(11)10-7-6(13)5(12)4(2-9-7)8(14)15/h4-7,9,12-13H,2H2,1H3,(H,10,11)(H,14,15)/t4?,5-,6?,7?/m1/s1. The molecule has 5 N–H and O–H groups in total. The smallest absolute Gasteiger partial charge is 0.310 e. The molecule has 15 heavy (non-hydrogen) atoms. The Morgan fingerprint density at radius 3 is 2.40 bits per heavy atom. The Balaban J connectivity index is 2.64. The number of aliphatic carboxylic acids is 1. The molecule has 0 spiro atoms. The number of carbonyl (C=O) groups is 2. The van der Waals surface area contributed by atoms with Gasteiger partial charge in [0.05, 0.1) is 12.0 Å². The molecule has 1 aliphatic rings. The monoisotopic (exact) mass is 218 g/mol. The molecule has 1 fully saturated rings. The van der Waals surface area contributed by atoms with Gasteiger partial charge in [-0.3, -0.25) is 14.9 Å². The Morgan fingerprint density at radius 2 is 1.93 bits per heavy atom. The van der Waals surface area contributed by atoms with Gasteiger partial charge in [-0.1, -0.05) is 0 Å². The average molecular weight is 218 g/mol. The first kappa shape index (κ1) is 11.9. The molecule has 0 aromatic heterocycles. The minimum Gasteiger partial charge on any atom is -0.481 e. The van der Waals surface area contributed by atoms with E-state index in [1.54, 1.807) is 0 Å². The summed E-state index contributed by atoms with van der Waals surface area (Å²) < 4.78 is 0. The predicted octanol–water partition coefficient (Wildman–Crippen LogP) is -2.53. The van der Waals surface area contributed by atoms with E-state index in [9.17, 15) is 19.8 Å². The molecule has 0 saturated carbocycles. The van der Waals surface area contributed by atoms with Gasteiger partial charge in [-0.25, -0.2) is 0 Å². The SMILES string of the molecule is CC(=O)NC1NCC(C(=O)O)[C@@H](O)C1O. The third kappa shape index (κ3) is 2.65. The second kappa shape index (κ2) is 4.56. The summed E-state index contributed by atoms with van der Waals surface area (Å²) in [5, 5.41) is 32.7. The van der Waals surface area contributed by atoms with E-state index < -0.39 is 30.3 Å². The number of rotatable bonds is 2. The highest BCUT2D eigenvalue weighted by Gasteiger charge is 2.41. The normalized spacial score (nSPS) is 35.9. The fraction of sp³-hybridized carbons (Fsp3) is 0.750. The van der Waals surface area contributed by atoms with Crippen molar-refractivity contribution in [1.82, 2.24) is 10.6 Å². The van der Waals surface area contributed by atoms with E-state index >= 15 is 0 Å². The number of carbonyl (C=O) groups excluding carboxylic acids is 1. The topological polar surface area (TPSA) is 119 Å². The van der Waals surface area contributed by atoms with Crippen LogP contribution in [-0.2, 0) is 9.59 Å². The summed E-state index contributed by atoms with van der Waals surface area (Å²) in [6.07, 6.45) is -3.53. The lowest BCUT2D eigenvalue weighted by atomic mass is 9.92. The molecule has 0 aliphatic carbocycles. The van der Waals surface area contributed by atoms with Crippen molar-refractivity contribution in [2.24, 2.45) is 5.92 Å². The van der Waals surface area contributed by atoms with Gasteiger partial charge in [0.25, 0.3) is 0 Å². The lowest BCUT2D eigenvalue weighted by Crippen LogP contribution is -2.64. The quantitative estimate of drug-likeness (QED) is 0.349. The zero-order valence-corrected chi connectivity index (χ0v) is 8.17. The molecule has 7 nitrogen and oxygen atoms in total. The zero-order valence-electron chi connectivity index (χ0n) is 8.17. The summed E-state index contributed by atoms with van der Waals surface area (Å²) in [5.41, 5.74) is 0. The third-order valence-corrected chi connectivity index (χ3v) is 2.34. The maximum Gasteiger partial charge on any atom is 0.310 e. The van der Waals surface area contributed by atoms with Gasteiger partial charge in [-0.2, -0.15) is 0 Å². The Morgan fingerprint density at radius 1 is 1.33 bits per heavy atom. The summed E-state index contributed by atoms with van der Waals surface area (Å²) in [4.78, 5) is 21.4. The molecule has 0 aromatic rings. The van der Waals surface area contributed by atoms with Crippen LogP contribution in [0.25, 0.3) is 0 Å². The number of amides is 1. The van der Waals surface area contributed by atoms with Gasteiger partial charge in [0.2, 0.25) is 5.91 Å². The van der Waals surface area contributed by atoms with Gasteiger partial charge < -0.3 is 20.6 Å². The average Bonchev–Trinajstić information content (AvgIpc) is 2.12. The first-order valence-electron chi connectivity index (χ1n) is 4.53. The Hall–Kier alpha value is -1.18. The number of piperidine rings is 1. The van der Waals surface area contributed by atoms with E-state index in [0.717, 1.165) is 0 Å². The first-order chi connectivity index (χ1) is 6.93. The number of carboxylic acids is 1. The van der Waals surface area contributed by atoms with Gasteiger partial charge in [-0.05, 0) is 0 Å². The molecule has 4 atom stereocenters. The molecule has 86 valence electrons. The highest BCUT2D eigenvalue weighted by atomic mass is 16.4. The summed E-state index contributed by atoms with van der Waals surface area (Å²) in [7, 11) is 0. The number of hydrogen-bond acceptors (Lipinski definition) is 5. The Bertz CT molecular complexity index is 268. The van der Waals surface area contributed by atoms with Crippen molar-refractivity contribution < 1.29 is 24.9 Å². The van der Waals surface area contributed by atoms with Gasteiger partial charge in [0, 0.05) is 13.5 Å². The molecule has 1 amide bonds. The minimum absolute atomic E-state index is 0.00148. The van der Waals surface area contributed by atoms with E-state index in [1.165, 1.54) is 6.92 Å². The molecule has 1 heterocycles. The fourth-order valence-corrected chi connectivity index (χ4v) is 1.52. The van der Waals surface area contributed by atoms with Crippen molar-refractivity contribution in [3.05, 3.63) is 0 Å². The lowest BCUT2D eigenvalue weighted by Gasteiger charge is -2.36. The number of hydrogen-bond donors (Lipinski definition) is 5. The van der Waals surface area contributed by atoms with E-state index in [1.807, 2.05) is 0 Å². The van der Waals surface area contributed by atoms with E-state index in [4.69, 9.17) is 5.11 Å². The van der Waals surface area contributed by atoms with E-state index in [0.29, 0.717) is 0 Å². The van der Waals surface area contributed by atoms with Gasteiger partial charge in [-0.15, -0.1) is 0 Å². The third-order valence-electron chi connectivity index (χ3n) is 2.34. The van der Waals surface area contributed by atoms with Gasteiger partial charge in [0.15, 0.2) is 0 Å². The molecule has 0 radical (unpaired) electrons. The van der Waals surface area contributed by atoms with Gasteiger partial charge in [0.1, 0.15) is 12.3 Å². The van der Waals surface area contributed by atoms with Crippen LogP contribution >= 0.6 is 0 Å². The fourth-order valence-electron chi connectivity index (χ4n) is 1.52. The highest BCUT2D eigenvalue weighted by Crippen LogP contribution is 2.15. The van der Waals surface area contributed by atoms with Crippen molar-refractivity contribution in [2.45, 2.75) is 25.3 Å². The number of nitrogens with one attached hydrogen (secondary N) is 2. The first-order valence-corrected chi connectivity index (χ1v) is 4.53. The number of aliphatic hydroxyl groups excluding tert-OH is 2. The molecule has 1 saturated heterocycles. The maximum absolute atomic E-state index is 10.7. The van der Waals surface area contributed by atoms with Crippen LogP contribution in [0.1, 0.15) is 6.92 Å². The second-order valence-corrected chi connectivity index (χ2v) is 3.51. The van der Waals surface area contributed by atoms with Crippen LogP contribution in [0.5, 0.6) is 0 Å². The molecule has 0 bridgehead atoms. The van der Waals surface area contributed by atoms with Crippen molar-refractivity contribution in [2.75, 3.05) is 6.54 Å². The Labute approximate surface area is 86.1 Å². The van der Waals surface area contributed by atoms with Crippen LogP contribution in [0.15, 0.2) is 0 Å². The van der Waals surface area contributed by atoms with Gasteiger partial charge >= 0.3 is 5.97 Å². The molecule has 0 aromatic carbocycles. The van der Waals surface area contributed by atoms with Crippen LogP contribution in [0.4, 0.5) is 0 Å². The van der Waals surface area contributed by atoms with E-state index in [2.05, 4.69) is 10.6 Å². The largest absolute Gasteiger partial charge is 0.481 e. The van der Waals surface area contributed by atoms with Crippen molar-refractivity contribution in [3.63, 3.8) is 0 Å². The minimum atomic E-state index is -1.39. The summed E-state index contributed by atoms with van der Waals surface area (Å²) in [6.45, 7) is 1.27. The molecule has 7 heteroatoms. The summed E-state index contributed by atoms with van der Waals surface area (Å²) in [5.74, 6) is -2.62. The molecular formula is C8H14N2O5. The molecule has 3 unspecified atom stereocenters. The number of carboxylic acid groups (broad SMARTS) is 1. The van der Waals surface area contributed by atoms with Crippen LogP contribution in [0.3, 0.4) is 0 Å². The van der Waals surface area contributed by atoms with Crippen LogP contribution in [0, 0.1) is 5.92 Å². The van der Waals surface area contributed by atoms with Crippen molar-refractivity contribution >= 4 is 11.9 Å². The van der Waals surface area contributed by atoms with Crippen molar-refractivity contribution in [3.8, 4) is 0 Å². The second-order valence-electron chi connectivity index (χ2n) is 3.51. The van der Waals surface area contributed by atoms with Crippen LogP contribution < -0.4 is 10.6 Å². The molecular weight excluding hydrogens is 204 g/mol. The Kier molecular flexibility index (Phi) is 3.61. The maximum atomic E-state index is 10.7. The van der Waals surface area contributed by atoms with Crippen LogP contribution in [-0.4, -0.2) is 52.1 Å². The summed E-state index contributed by atoms with van der Waals surface area (Å²) in [6, 6.07) is 0. The number of aliphatic hydroxyl groups is 2.